The molecule has 4 rings (SSSR count). The third-order valence-electron chi connectivity index (χ3n) is 6.05. The van der Waals surface area contributed by atoms with Crippen LogP contribution in [0.15, 0.2) is 65.2 Å². The van der Waals surface area contributed by atoms with Crippen molar-refractivity contribution in [3.63, 3.8) is 0 Å². The van der Waals surface area contributed by atoms with Crippen molar-refractivity contribution in [1.82, 2.24) is 20.3 Å². The van der Waals surface area contributed by atoms with Gasteiger partial charge < -0.3 is 19.5 Å². The Kier molecular flexibility index (Phi) is 7.19. The number of ether oxygens (including phenoxy) is 1. The van der Waals surface area contributed by atoms with Gasteiger partial charge >= 0.3 is 0 Å². The number of methoxy groups -OCH3 is 1. The van der Waals surface area contributed by atoms with E-state index in [2.05, 4.69) is 39.3 Å². The predicted octanol–water partition coefficient (Wildman–Crippen LogP) is 3.46. The summed E-state index contributed by atoms with van der Waals surface area (Å²) in [7, 11) is 1.66. The van der Waals surface area contributed by atoms with E-state index in [1.165, 1.54) is 0 Å². The lowest BCUT2D eigenvalue weighted by Gasteiger charge is -2.39. The molecular weight excluding hydrogens is 404 g/mol. The van der Waals surface area contributed by atoms with Gasteiger partial charge in [-0.25, -0.2) is 0 Å². The minimum absolute atomic E-state index is 0.0735. The van der Waals surface area contributed by atoms with Crippen molar-refractivity contribution in [3.8, 4) is 17.1 Å². The molecule has 0 bridgehead atoms. The normalized spacial score (nSPS) is 15.9. The Morgan fingerprint density at radius 2 is 1.81 bits per heavy atom. The van der Waals surface area contributed by atoms with Gasteiger partial charge in [-0.05, 0) is 24.2 Å². The first-order chi connectivity index (χ1) is 15.7. The first kappa shape index (κ1) is 22.0. The van der Waals surface area contributed by atoms with E-state index in [4.69, 9.17) is 9.26 Å². The quantitative estimate of drug-likeness (QED) is 0.586. The average Bonchev–Trinajstić information content (AvgIpc) is 3.36. The van der Waals surface area contributed by atoms with Crippen LogP contribution in [0.3, 0.4) is 0 Å². The highest BCUT2D eigenvalue weighted by Gasteiger charge is 2.26. The van der Waals surface area contributed by atoms with Crippen LogP contribution in [0.1, 0.15) is 29.0 Å². The summed E-state index contributed by atoms with van der Waals surface area (Å²) in [5.41, 5.74) is 2.33. The van der Waals surface area contributed by atoms with Crippen LogP contribution in [0, 0.1) is 0 Å². The van der Waals surface area contributed by atoms with Gasteiger partial charge in [-0.2, -0.15) is 0 Å². The standard InChI is InChI=1S/C25H30N4O3/c1-3-28-13-15-29(16-14-28)23(19-9-11-21(31-2)12-10-19)18-26-25(30)22-17-24(32-27-22)20-7-5-4-6-8-20/h4-12,17,23H,3,13-16,18H2,1-2H3,(H,26,30)/t23-/m0/s1. The average molecular weight is 435 g/mol. The van der Waals surface area contributed by atoms with E-state index in [9.17, 15) is 4.79 Å². The highest BCUT2D eigenvalue weighted by Crippen LogP contribution is 2.25. The summed E-state index contributed by atoms with van der Waals surface area (Å²) < 4.78 is 10.7. The number of carbonyl (C=O) groups excluding carboxylic acids is 1. The van der Waals surface area contributed by atoms with Crippen molar-refractivity contribution >= 4 is 5.91 Å². The maximum absolute atomic E-state index is 12.8. The lowest BCUT2D eigenvalue weighted by Crippen LogP contribution is -2.49. The SMILES string of the molecule is CCN1CCN([C@@H](CNC(=O)c2cc(-c3ccccc3)on2)c2ccc(OC)cc2)CC1. The van der Waals surface area contributed by atoms with Crippen LogP contribution in [0.25, 0.3) is 11.3 Å². The second-order valence-electron chi connectivity index (χ2n) is 7.91. The van der Waals surface area contributed by atoms with Crippen molar-refractivity contribution in [1.29, 1.82) is 0 Å². The molecule has 1 saturated heterocycles. The number of hydrogen-bond acceptors (Lipinski definition) is 6. The first-order valence-corrected chi connectivity index (χ1v) is 11.1. The summed E-state index contributed by atoms with van der Waals surface area (Å²) in [6.07, 6.45) is 0. The minimum Gasteiger partial charge on any atom is -0.497 e. The fourth-order valence-electron chi connectivity index (χ4n) is 4.08. The number of likely N-dealkylation sites (N-methyl/N-ethyl adjacent to an activating group) is 1. The molecule has 168 valence electrons. The molecule has 0 aliphatic carbocycles. The van der Waals surface area contributed by atoms with E-state index in [0.29, 0.717) is 12.3 Å². The predicted molar refractivity (Wildman–Crippen MR) is 124 cm³/mol. The van der Waals surface area contributed by atoms with Crippen molar-refractivity contribution in [3.05, 3.63) is 71.9 Å². The van der Waals surface area contributed by atoms with Gasteiger partial charge in [-0.3, -0.25) is 9.69 Å². The Bertz CT molecular complexity index is 996. The topological polar surface area (TPSA) is 70.8 Å². The Labute approximate surface area is 188 Å². The second kappa shape index (κ2) is 10.4. The number of benzene rings is 2. The molecule has 0 spiro atoms. The summed E-state index contributed by atoms with van der Waals surface area (Å²) in [6.45, 7) is 7.73. The number of hydrogen-bond donors (Lipinski definition) is 1. The van der Waals surface area contributed by atoms with Crippen molar-refractivity contribution in [2.45, 2.75) is 13.0 Å². The van der Waals surface area contributed by atoms with Crippen LogP contribution in [-0.4, -0.2) is 67.2 Å². The molecule has 2 aromatic carbocycles. The van der Waals surface area contributed by atoms with Crippen molar-refractivity contribution < 1.29 is 14.1 Å². The Morgan fingerprint density at radius 1 is 1.09 bits per heavy atom. The first-order valence-electron chi connectivity index (χ1n) is 11.1. The number of rotatable bonds is 8. The van der Waals surface area contributed by atoms with Gasteiger partial charge in [0, 0.05) is 44.4 Å². The minimum atomic E-state index is -0.235. The fourth-order valence-corrected chi connectivity index (χ4v) is 4.08. The van der Waals surface area contributed by atoms with Crippen LogP contribution in [0.2, 0.25) is 0 Å². The maximum Gasteiger partial charge on any atom is 0.273 e. The Balaban J connectivity index is 1.46. The zero-order valence-corrected chi connectivity index (χ0v) is 18.7. The fraction of sp³-hybridized carbons (Fsp3) is 0.360. The van der Waals surface area contributed by atoms with E-state index in [1.54, 1.807) is 13.2 Å². The maximum atomic E-state index is 12.8. The number of aromatic nitrogens is 1. The Hall–Kier alpha value is -3.16. The summed E-state index contributed by atoms with van der Waals surface area (Å²) in [4.78, 5) is 17.7. The van der Waals surface area contributed by atoms with Crippen LogP contribution in [-0.2, 0) is 0 Å². The largest absolute Gasteiger partial charge is 0.497 e. The molecule has 1 aromatic heterocycles. The molecule has 2 heterocycles. The monoisotopic (exact) mass is 434 g/mol. The lowest BCUT2D eigenvalue weighted by molar-refractivity contribution is 0.0849. The molecule has 1 fully saturated rings. The smallest absolute Gasteiger partial charge is 0.273 e. The van der Waals surface area contributed by atoms with Gasteiger partial charge in [-0.15, -0.1) is 0 Å². The Morgan fingerprint density at radius 3 is 2.47 bits per heavy atom. The van der Waals surface area contributed by atoms with Crippen molar-refractivity contribution in [2.24, 2.45) is 0 Å². The van der Waals surface area contributed by atoms with Crippen LogP contribution in [0.4, 0.5) is 0 Å². The highest BCUT2D eigenvalue weighted by atomic mass is 16.5. The highest BCUT2D eigenvalue weighted by molar-refractivity contribution is 5.93. The molecule has 1 amide bonds. The number of carbonyl (C=O) groups is 1. The molecule has 7 nitrogen and oxygen atoms in total. The molecule has 1 N–H and O–H groups in total. The third-order valence-corrected chi connectivity index (χ3v) is 6.05. The van der Waals surface area contributed by atoms with E-state index in [1.807, 2.05) is 42.5 Å². The number of nitrogens with zero attached hydrogens (tertiary/aromatic N) is 3. The van der Waals surface area contributed by atoms with E-state index in [-0.39, 0.29) is 17.6 Å². The third kappa shape index (κ3) is 5.18. The second-order valence-corrected chi connectivity index (χ2v) is 7.91. The van der Waals surface area contributed by atoms with Crippen LogP contribution in [0.5, 0.6) is 5.75 Å². The number of nitrogens with one attached hydrogen (secondary N) is 1. The summed E-state index contributed by atoms with van der Waals surface area (Å²) >= 11 is 0. The van der Waals surface area contributed by atoms with Crippen LogP contribution >= 0.6 is 0 Å². The van der Waals surface area contributed by atoms with Gasteiger partial charge in [0.15, 0.2) is 11.5 Å². The van der Waals surface area contributed by atoms with Gasteiger partial charge in [0.25, 0.3) is 5.91 Å². The van der Waals surface area contributed by atoms with E-state index in [0.717, 1.165) is 49.6 Å². The molecule has 1 aliphatic heterocycles. The molecule has 3 aromatic rings. The van der Waals surface area contributed by atoms with Gasteiger partial charge in [0.1, 0.15) is 5.75 Å². The van der Waals surface area contributed by atoms with Crippen LogP contribution < -0.4 is 10.1 Å². The molecular formula is C25H30N4O3. The van der Waals surface area contributed by atoms with Crippen molar-refractivity contribution in [2.75, 3.05) is 46.4 Å². The van der Waals surface area contributed by atoms with E-state index < -0.39 is 0 Å². The molecule has 1 atom stereocenters. The molecule has 1 aliphatic rings. The van der Waals surface area contributed by atoms with Gasteiger partial charge in [-0.1, -0.05) is 54.5 Å². The summed E-state index contributed by atoms with van der Waals surface area (Å²) in [6, 6.07) is 19.5. The number of piperazine rings is 1. The molecule has 0 saturated carbocycles. The molecule has 32 heavy (non-hydrogen) atoms. The lowest BCUT2D eigenvalue weighted by atomic mass is 10.0. The van der Waals surface area contributed by atoms with Gasteiger partial charge in [0.2, 0.25) is 0 Å². The zero-order chi connectivity index (χ0) is 22.3. The van der Waals surface area contributed by atoms with Gasteiger partial charge in [0.05, 0.1) is 13.2 Å². The molecule has 7 heteroatoms. The zero-order valence-electron chi connectivity index (χ0n) is 18.7. The molecule has 0 unspecified atom stereocenters. The summed E-state index contributed by atoms with van der Waals surface area (Å²) in [5.74, 6) is 1.17. The molecule has 0 radical (unpaired) electrons. The van der Waals surface area contributed by atoms with E-state index >= 15 is 0 Å². The summed E-state index contributed by atoms with van der Waals surface area (Å²) in [5, 5.41) is 7.04. The number of amides is 1.